The summed E-state index contributed by atoms with van der Waals surface area (Å²) in [5, 5.41) is 12.1. The van der Waals surface area contributed by atoms with E-state index in [0.29, 0.717) is 18.8 Å². The molecule has 1 aliphatic rings. The minimum Gasteiger partial charge on any atom is -0.480 e. The van der Waals surface area contributed by atoms with Crippen molar-refractivity contribution in [3.63, 3.8) is 0 Å². The molecule has 0 atom stereocenters. The third-order valence-corrected chi connectivity index (χ3v) is 3.53. The molecule has 5 heteroatoms. The summed E-state index contributed by atoms with van der Waals surface area (Å²) in [6, 6.07) is 0. The molecule has 1 rings (SSSR count). The predicted octanol–water partition coefficient (Wildman–Crippen LogP) is 1.26. The fourth-order valence-corrected chi connectivity index (χ4v) is 2.37. The molecular weight excluding hydrogens is 232 g/mol. The van der Waals surface area contributed by atoms with Crippen molar-refractivity contribution < 1.29 is 14.7 Å². The van der Waals surface area contributed by atoms with Crippen LogP contribution in [0.2, 0.25) is 0 Å². The molecule has 0 heterocycles. The Bertz CT molecular complexity index is 326. The average Bonchev–Trinajstić information content (AvgIpc) is 2.18. The number of hydrogen-bond acceptors (Lipinski definition) is 3. The van der Waals surface area contributed by atoms with Crippen molar-refractivity contribution in [3.8, 4) is 0 Å². The quantitative estimate of drug-likeness (QED) is 0.706. The Balaban J connectivity index is 2.70. The van der Waals surface area contributed by atoms with Gasteiger partial charge in [-0.05, 0) is 45.4 Å². The third-order valence-electron chi connectivity index (χ3n) is 3.53. The minimum absolute atomic E-state index is 0.136. The van der Waals surface area contributed by atoms with Crippen LogP contribution in [0, 0.1) is 5.92 Å². The van der Waals surface area contributed by atoms with Gasteiger partial charge >= 0.3 is 5.97 Å². The minimum atomic E-state index is -1.09. The lowest BCUT2D eigenvalue weighted by molar-refractivity contribution is -0.149. The van der Waals surface area contributed by atoms with Gasteiger partial charge in [0.2, 0.25) is 5.91 Å². The Kier molecular flexibility index (Phi) is 4.37. The van der Waals surface area contributed by atoms with Gasteiger partial charge in [-0.2, -0.15) is 0 Å². The number of hydrogen-bond donors (Lipinski definition) is 3. The highest BCUT2D eigenvalue weighted by Crippen LogP contribution is 2.32. The number of carboxylic acids is 1. The topological polar surface area (TPSA) is 92.4 Å². The third kappa shape index (κ3) is 3.98. The van der Waals surface area contributed by atoms with Gasteiger partial charge in [0.1, 0.15) is 5.54 Å². The van der Waals surface area contributed by atoms with Crippen LogP contribution in [-0.4, -0.2) is 28.1 Å². The van der Waals surface area contributed by atoms with Gasteiger partial charge in [0.15, 0.2) is 0 Å². The first kappa shape index (κ1) is 15.0. The van der Waals surface area contributed by atoms with E-state index in [2.05, 4.69) is 12.2 Å². The van der Waals surface area contributed by atoms with Gasteiger partial charge in [0.05, 0.1) is 0 Å². The Morgan fingerprint density at radius 2 is 1.89 bits per heavy atom. The van der Waals surface area contributed by atoms with Crippen LogP contribution in [0.4, 0.5) is 0 Å². The van der Waals surface area contributed by atoms with Gasteiger partial charge in [-0.1, -0.05) is 6.92 Å². The molecule has 1 saturated carbocycles. The van der Waals surface area contributed by atoms with Gasteiger partial charge < -0.3 is 16.2 Å². The summed E-state index contributed by atoms with van der Waals surface area (Å²) in [5.41, 5.74) is 4.07. The predicted molar refractivity (Wildman–Crippen MR) is 69.0 cm³/mol. The van der Waals surface area contributed by atoms with Gasteiger partial charge in [0, 0.05) is 12.0 Å². The molecular formula is C13H24N2O3. The van der Waals surface area contributed by atoms with Crippen LogP contribution in [0.25, 0.3) is 0 Å². The fourth-order valence-electron chi connectivity index (χ4n) is 2.37. The average molecular weight is 256 g/mol. The Morgan fingerprint density at radius 3 is 2.28 bits per heavy atom. The van der Waals surface area contributed by atoms with E-state index >= 15 is 0 Å². The number of nitrogens with one attached hydrogen (secondary N) is 1. The first-order valence-corrected chi connectivity index (χ1v) is 6.48. The summed E-state index contributed by atoms with van der Waals surface area (Å²) in [6.45, 7) is 5.61. The molecule has 5 nitrogen and oxygen atoms in total. The van der Waals surface area contributed by atoms with Crippen molar-refractivity contribution in [2.45, 2.75) is 64.0 Å². The summed E-state index contributed by atoms with van der Waals surface area (Å²) in [6.07, 6.45) is 2.80. The molecule has 0 saturated heterocycles. The molecule has 1 fully saturated rings. The van der Waals surface area contributed by atoms with Crippen molar-refractivity contribution in [1.29, 1.82) is 0 Å². The lowest BCUT2D eigenvalue weighted by atomic mass is 9.77. The maximum absolute atomic E-state index is 11.9. The molecule has 0 bridgehead atoms. The van der Waals surface area contributed by atoms with Gasteiger partial charge in [0.25, 0.3) is 0 Å². The van der Waals surface area contributed by atoms with Crippen LogP contribution in [0.5, 0.6) is 0 Å². The number of carbonyl (C=O) groups excluding carboxylic acids is 1. The van der Waals surface area contributed by atoms with E-state index in [9.17, 15) is 14.7 Å². The molecule has 0 aromatic heterocycles. The van der Waals surface area contributed by atoms with E-state index in [1.165, 1.54) is 0 Å². The van der Waals surface area contributed by atoms with E-state index in [0.717, 1.165) is 12.8 Å². The zero-order chi connectivity index (χ0) is 14.0. The lowest BCUT2D eigenvalue weighted by Gasteiger charge is -2.37. The Labute approximate surface area is 108 Å². The second-order valence-corrected chi connectivity index (χ2v) is 6.28. The Hall–Kier alpha value is -1.10. The molecule has 4 N–H and O–H groups in total. The van der Waals surface area contributed by atoms with E-state index in [1.54, 1.807) is 13.8 Å². The number of nitrogens with two attached hydrogens (primary N) is 1. The van der Waals surface area contributed by atoms with Crippen molar-refractivity contribution >= 4 is 11.9 Å². The Morgan fingerprint density at radius 1 is 1.39 bits per heavy atom. The van der Waals surface area contributed by atoms with Crippen LogP contribution in [-0.2, 0) is 9.59 Å². The largest absolute Gasteiger partial charge is 0.480 e. The summed E-state index contributed by atoms with van der Waals surface area (Å²) in [4.78, 5) is 23.3. The summed E-state index contributed by atoms with van der Waals surface area (Å²) >= 11 is 0. The molecule has 0 radical (unpaired) electrons. The summed E-state index contributed by atoms with van der Waals surface area (Å²) < 4.78 is 0. The number of carbonyl (C=O) groups is 2. The van der Waals surface area contributed by atoms with Crippen LogP contribution in [0.15, 0.2) is 0 Å². The maximum Gasteiger partial charge on any atom is 0.329 e. The van der Waals surface area contributed by atoms with Gasteiger partial charge in [-0.25, -0.2) is 4.79 Å². The van der Waals surface area contributed by atoms with Crippen LogP contribution < -0.4 is 11.1 Å². The maximum atomic E-state index is 11.9. The highest BCUT2D eigenvalue weighted by molar-refractivity contribution is 5.87. The normalized spacial score (nSPS) is 28.8. The molecule has 18 heavy (non-hydrogen) atoms. The molecule has 0 spiro atoms. The van der Waals surface area contributed by atoms with Crippen molar-refractivity contribution in [1.82, 2.24) is 5.32 Å². The smallest absolute Gasteiger partial charge is 0.329 e. The van der Waals surface area contributed by atoms with Crippen LogP contribution >= 0.6 is 0 Å². The van der Waals surface area contributed by atoms with Crippen molar-refractivity contribution in [2.75, 3.05) is 0 Å². The van der Waals surface area contributed by atoms with Gasteiger partial charge in [-0.3, -0.25) is 4.79 Å². The number of rotatable bonds is 4. The van der Waals surface area contributed by atoms with Crippen molar-refractivity contribution in [2.24, 2.45) is 11.7 Å². The van der Waals surface area contributed by atoms with Crippen LogP contribution in [0.1, 0.15) is 52.9 Å². The van der Waals surface area contributed by atoms with E-state index in [1.807, 2.05) is 0 Å². The van der Waals surface area contributed by atoms with E-state index < -0.39 is 17.0 Å². The first-order valence-electron chi connectivity index (χ1n) is 6.48. The number of carboxylic acid groups (broad SMARTS) is 1. The van der Waals surface area contributed by atoms with Crippen LogP contribution in [0.3, 0.4) is 0 Å². The summed E-state index contributed by atoms with van der Waals surface area (Å²) in [7, 11) is 0. The number of amides is 1. The highest BCUT2D eigenvalue weighted by Gasteiger charge is 2.42. The lowest BCUT2D eigenvalue weighted by Crippen LogP contribution is -2.57. The fraction of sp³-hybridized carbons (Fsp3) is 0.846. The van der Waals surface area contributed by atoms with Gasteiger partial charge in [-0.15, -0.1) is 0 Å². The zero-order valence-corrected chi connectivity index (χ0v) is 11.5. The second kappa shape index (κ2) is 5.26. The molecule has 1 amide bonds. The molecule has 1 aliphatic carbocycles. The SMILES string of the molecule is CC1CCC(NC(=O)CC(C)(C)N)(C(=O)O)CC1. The molecule has 0 aromatic rings. The molecule has 0 aliphatic heterocycles. The van der Waals surface area contributed by atoms with Crippen molar-refractivity contribution in [3.05, 3.63) is 0 Å². The van der Waals surface area contributed by atoms with E-state index in [4.69, 9.17) is 5.73 Å². The standard InChI is InChI=1S/C13H24N2O3/c1-9-4-6-13(7-5-9,11(17)18)15-10(16)8-12(2,3)14/h9H,4-8,14H2,1-3H3,(H,15,16)(H,17,18). The molecule has 0 aromatic carbocycles. The zero-order valence-electron chi connectivity index (χ0n) is 11.5. The summed E-state index contributed by atoms with van der Waals surface area (Å²) in [5.74, 6) is -0.683. The second-order valence-electron chi connectivity index (χ2n) is 6.28. The highest BCUT2D eigenvalue weighted by atomic mass is 16.4. The number of aliphatic carboxylic acids is 1. The van der Waals surface area contributed by atoms with E-state index in [-0.39, 0.29) is 12.3 Å². The monoisotopic (exact) mass is 256 g/mol. The first-order chi connectivity index (χ1) is 8.15. The molecule has 0 unspecified atom stereocenters. The molecule has 104 valence electrons.